The molecule has 1 N–H and O–H groups in total. The van der Waals surface area contributed by atoms with Gasteiger partial charge in [0.05, 0.1) is 20.0 Å². The summed E-state index contributed by atoms with van der Waals surface area (Å²) in [6.07, 6.45) is 3.27. The smallest absolute Gasteiger partial charge is 0.409 e. The fourth-order valence-corrected chi connectivity index (χ4v) is 3.48. The number of amides is 1. The molecule has 0 radical (unpaired) electrons. The highest BCUT2D eigenvalue weighted by Crippen LogP contribution is 2.24. The second-order valence-electron chi connectivity index (χ2n) is 7.02. The number of rotatable bonds is 6. The summed E-state index contributed by atoms with van der Waals surface area (Å²) in [6, 6.07) is 10.2. The van der Waals surface area contributed by atoms with Crippen LogP contribution in [0.4, 0.5) is 16.6 Å². The lowest BCUT2D eigenvalue weighted by molar-refractivity contribution is 0.121. The molecule has 9 nitrogen and oxygen atoms in total. The number of carbonyl (C=O) groups excluding carboxylic acids is 1. The lowest BCUT2D eigenvalue weighted by Crippen LogP contribution is -2.49. The molecule has 30 heavy (non-hydrogen) atoms. The molecule has 1 saturated heterocycles. The van der Waals surface area contributed by atoms with E-state index in [2.05, 4.69) is 33.9 Å². The van der Waals surface area contributed by atoms with Gasteiger partial charge >= 0.3 is 6.09 Å². The summed E-state index contributed by atoms with van der Waals surface area (Å²) in [5, 5.41) is 3.27. The fourth-order valence-electron chi connectivity index (χ4n) is 3.48. The molecule has 0 aliphatic carbocycles. The number of carbonyl (C=O) groups is 1. The third-order valence-corrected chi connectivity index (χ3v) is 5.06. The molecule has 0 spiro atoms. The number of piperazine rings is 1. The van der Waals surface area contributed by atoms with Crippen molar-refractivity contribution < 1.29 is 9.53 Å². The zero-order valence-electron chi connectivity index (χ0n) is 17.0. The molecule has 1 aliphatic rings. The number of hydrogen-bond donors (Lipinski definition) is 1. The second-order valence-corrected chi connectivity index (χ2v) is 7.02. The standard InChI is InChI=1S/C21H25N7O2/c1-3-9-22-18-17-19(28(15-23-17)14-16-7-5-4-6-8-16)25-20(24-18)26-10-12-27(13-11-26)21(29)30-2/h3-8,15H,1,9-14H2,2H3,(H,22,24,25). The Kier molecular flexibility index (Phi) is 5.78. The molecule has 4 rings (SSSR count). The van der Waals surface area contributed by atoms with E-state index in [1.54, 1.807) is 17.3 Å². The molecule has 0 unspecified atom stereocenters. The van der Waals surface area contributed by atoms with Gasteiger partial charge in [-0.2, -0.15) is 9.97 Å². The van der Waals surface area contributed by atoms with E-state index in [1.165, 1.54) is 12.7 Å². The molecule has 0 saturated carbocycles. The van der Waals surface area contributed by atoms with Crippen LogP contribution >= 0.6 is 0 Å². The van der Waals surface area contributed by atoms with Crippen molar-refractivity contribution >= 4 is 29.0 Å². The maximum absolute atomic E-state index is 11.8. The molecule has 1 aromatic carbocycles. The summed E-state index contributed by atoms with van der Waals surface area (Å²) < 4.78 is 6.85. The van der Waals surface area contributed by atoms with Gasteiger partial charge in [0.15, 0.2) is 17.0 Å². The molecule has 1 amide bonds. The number of ether oxygens (including phenoxy) is 1. The number of methoxy groups -OCH3 is 1. The Balaban J connectivity index is 1.65. The molecule has 156 valence electrons. The molecule has 0 atom stereocenters. The van der Waals surface area contributed by atoms with Gasteiger partial charge in [-0.25, -0.2) is 9.78 Å². The maximum atomic E-state index is 11.8. The fraction of sp³-hybridized carbons (Fsp3) is 0.333. The van der Waals surface area contributed by atoms with E-state index >= 15 is 0 Å². The van der Waals surface area contributed by atoms with Gasteiger partial charge in [-0.05, 0) is 5.56 Å². The number of aromatic nitrogens is 4. The van der Waals surface area contributed by atoms with E-state index in [0.29, 0.717) is 51.0 Å². The van der Waals surface area contributed by atoms with Crippen LogP contribution in [0.2, 0.25) is 0 Å². The van der Waals surface area contributed by atoms with Crippen LogP contribution in [0.25, 0.3) is 11.2 Å². The number of anilines is 2. The maximum Gasteiger partial charge on any atom is 0.409 e. The third-order valence-electron chi connectivity index (χ3n) is 5.06. The predicted molar refractivity (Wildman–Crippen MR) is 116 cm³/mol. The highest BCUT2D eigenvalue weighted by Gasteiger charge is 2.24. The summed E-state index contributed by atoms with van der Waals surface area (Å²) in [6.45, 7) is 7.41. The van der Waals surface area contributed by atoms with E-state index in [9.17, 15) is 4.79 Å². The first-order valence-electron chi connectivity index (χ1n) is 9.89. The van der Waals surface area contributed by atoms with Crippen molar-refractivity contribution in [3.63, 3.8) is 0 Å². The molecule has 1 aliphatic heterocycles. The zero-order chi connectivity index (χ0) is 20.9. The van der Waals surface area contributed by atoms with Crippen LogP contribution in [0, 0.1) is 0 Å². The van der Waals surface area contributed by atoms with Gasteiger partial charge < -0.3 is 24.4 Å². The summed E-state index contributed by atoms with van der Waals surface area (Å²) >= 11 is 0. The van der Waals surface area contributed by atoms with E-state index in [-0.39, 0.29) is 6.09 Å². The number of nitrogens with zero attached hydrogens (tertiary/aromatic N) is 6. The summed E-state index contributed by atoms with van der Waals surface area (Å²) in [4.78, 5) is 29.6. The highest BCUT2D eigenvalue weighted by molar-refractivity contribution is 5.84. The average molecular weight is 407 g/mol. The van der Waals surface area contributed by atoms with Crippen molar-refractivity contribution in [2.75, 3.05) is 50.1 Å². The van der Waals surface area contributed by atoms with Crippen molar-refractivity contribution in [3.8, 4) is 0 Å². The van der Waals surface area contributed by atoms with E-state index < -0.39 is 0 Å². The molecule has 0 bridgehead atoms. The third kappa shape index (κ3) is 4.05. The molecular weight excluding hydrogens is 382 g/mol. The summed E-state index contributed by atoms with van der Waals surface area (Å²) in [7, 11) is 1.40. The minimum Gasteiger partial charge on any atom is -0.453 e. The van der Waals surface area contributed by atoms with Crippen LogP contribution in [-0.2, 0) is 11.3 Å². The minimum absolute atomic E-state index is 0.305. The van der Waals surface area contributed by atoms with Crippen molar-refractivity contribution in [2.24, 2.45) is 0 Å². The van der Waals surface area contributed by atoms with Crippen LogP contribution in [0.5, 0.6) is 0 Å². The molecule has 1 fully saturated rings. The van der Waals surface area contributed by atoms with Crippen molar-refractivity contribution in [2.45, 2.75) is 6.54 Å². The van der Waals surface area contributed by atoms with Gasteiger partial charge in [0, 0.05) is 32.7 Å². The van der Waals surface area contributed by atoms with E-state index in [0.717, 1.165) is 11.2 Å². The van der Waals surface area contributed by atoms with Gasteiger partial charge in [0.2, 0.25) is 5.95 Å². The summed E-state index contributed by atoms with van der Waals surface area (Å²) in [5.74, 6) is 1.30. The minimum atomic E-state index is -0.305. The number of imidazole rings is 1. The Bertz CT molecular complexity index is 1030. The normalized spacial score (nSPS) is 14.0. The van der Waals surface area contributed by atoms with Gasteiger partial charge in [-0.15, -0.1) is 6.58 Å². The zero-order valence-corrected chi connectivity index (χ0v) is 17.0. The molecule has 3 aromatic rings. The van der Waals surface area contributed by atoms with Crippen LogP contribution in [0.15, 0.2) is 49.3 Å². The van der Waals surface area contributed by atoms with Gasteiger partial charge in [-0.1, -0.05) is 36.4 Å². The Morgan fingerprint density at radius 3 is 2.67 bits per heavy atom. The number of fused-ring (bicyclic) bond motifs is 1. The first kappa shape index (κ1) is 19.7. The number of benzene rings is 1. The van der Waals surface area contributed by atoms with E-state index in [4.69, 9.17) is 14.7 Å². The topological polar surface area (TPSA) is 88.4 Å². The van der Waals surface area contributed by atoms with Gasteiger partial charge in [-0.3, -0.25) is 0 Å². The Morgan fingerprint density at radius 2 is 1.97 bits per heavy atom. The van der Waals surface area contributed by atoms with Crippen LogP contribution in [0.3, 0.4) is 0 Å². The SMILES string of the molecule is C=CCNc1nc(N2CCN(C(=O)OC)CC2)nc2c1ncn2Cc1ccccc1. The van der Waals surface area contributed by atoms with Crippen LogP contribution in [0.1, 0.15) is 5.56 Å². The quantitative estimate of drug-likeness (QED) is 0.628. The first-order valence-corrected chi connectivity index (χ1v) is 9.89. The number of hydrogen-bond acceptors (Lipinski definition) is 7. The largest absolute Gasteiger partial charge is 0.453 e. The van der Waals surface area contributed by atoms with Gasteiger partial charge in [0.25, 0.3) is 0 Å². The lowest BCUT2D eigenvalue weighted by atomic mass is 10.2. The monoisotopic (exact) mass is 407 g/mol. The first-order chi connectivity index (χ1) is 14.7. The van der Waals surface area contributed by atoms with Crippen molar-refractivity contribution in [3.05, 3.63) is 54.9 Å². The molecule has 9 heteroatoms. The molecule has 3 heterocycles. The second kappa shape index (κ2) is 8.81. The molecule has 2 aromatic heterocycles. The predicted octanol–water partition coefficient (Wildman–Crippen LogP) is 2.36. The Labute approximate surface area is 175 Å². The highest BCUT2D eigenvalue weighted by atomic mass is 16.5. The lowest BCUT2D eigenvalue weighted by Gasteiger charge is -2.33. The van der Waals surface area contributed by atoms with Gasteiger partial charge in [0.1, 0.15) is 0 Å². The Hall–Kier alpha value is -3.62. The van der Waals surface area contributed by atoms with Crippen LogP contribution < -0.4 is 10.2 Å². The van der Waals surface area contributed by atoms with E-state index in [1.807, 2.05) is 22.8 Å². The van der Waals surface area contributed by atoms with Crippen molar-refractivity contribution in [1.82, 2.24) is 24.4 Å². The average Bonchev–Trinajstić information content (AvgIpc) is 3.20. The number of nitrogens with one attached hydrogen (secondary N) is 1. The Morgan fingerprint density at radius 1 is 1.20 bits per heavy atom. The van der Waals surface area contributed by atoms with Crippen LogP contribution in [-0.4, -0.2) is 70.3 Å². The molecular formula is C21H25N7O2. The van der Waals surface area contributed by atoms with Crippen molar-refractivity contribution in [1.29, 1.82) is 0 Å². The summed E-state index contributed by atoms with van der Waals surface area (Å²) in [5.41, 5.74) is 2.67.